The standard InChI is InChI=1S/C18H24BrN/c1-4-13(5-2)10-18(20-3)16-7-6-15-12-17(19)9-8-14(15)11-16/h6-9,11-13,18,20H,4-5,10H2,1-3H3. The summed E-state index contributed by atoms with van der Waals surface area (Å²) in [6.07, 6.45) is 3.73. The van der Waals surface area contributed by atoms with Gasteiger partial charge in [0.1, 0.15) is 0 Å². The highest BCUT2D eigenvalue weighted by Crippen LogP contribution is 2.28. The summed E-state index contributed by atoms with van der Waals surface area (Å²) >= 11 is 3.53. The van der Waals surface area contributed by atoms with E-state index in [1.165, 1.54) is 35.6 Å². The number of halogens is 1. The summed E-state index contributed by atoms with van der Waals surface area (Å²) in [5.41, 5.74) is 1.40. The van der Waals surface area contributed by atoms with E-state index in [0.29, 0.717) is 6.04 Å². The van der Waals surface area contributed by atoms with Crippen LogP contribution < -0.4 is 5.32 Å². The lowest BCUT2D eigenvalue weighted by atomic mass is 9.90. The Labute approximate surface area is 130 Å². The Kier molecular flexibility index (Phi) is 5.62. The second-order valence-electron chi connectivity index (χ2n) is 5.51. The lowest BCUT2D eigenvalue weighted by Crippen LogP contribution is -2.19. The van der Waals surface area contributed by atoms with Gasteiger partial charge in [0.05, 0.1) is 0 Å². The number of nitrogens with one attached hydrogen (secondary N) is 1. The van der Waals surface area contributed by atoms with Crippen molar-refractivity contribution in [1.29, 1.82) is 0 Å². The normalized spacial score (nSPS) is 13.1. The molecule has 0 aliphatic carbocycles. The van der Waals surface area contributed by atoms with Crippen LogP contribution in [0.2, 0.25) is 0 Å². The molecule has 2 rings (SSSR count). The second-order valence-corrected chi connectivity index (χ2v) is 6.43. The minimum atomic E-state index is 0.452. The molecular formula is C18H24BrN. The molecule has 0 saturated carbocycles. The van der Waals surface area contributed by atoms with Crippen molar-refractivity contribution in [3.8, 4) is 0 Å². The van der Waals surface area contributed by atoms with Crippen molar-refractivity contribution in [3.05, 3.63) is 46.4 Å². The van der Waals surface area contributed by atoms with E-state index < -0.39 is 0 Å². The van der Waals surface area contributed by atoms with E-state index in [1.807, 2.05) is 0 Å². The van der Waals surface area contributed by atoms with Gasteiger partial charge in [-0.2, -0.15) is 0 Å². The predicted octanol–water partition coefficient (Wildman–Crippen LogP) is 5.69. The van der Waals surface area contributed by atoms with Crippen LogP contribution >= 0.6 is 15.9 Å². The van der Waals surface area contributed by atoms with Crippen molar-refractivity contribution in [1.82, 2.24) is 5.32 Å². The third-order valence-corrected chi connectivity index (χ3v) is 4.79. The van der Waals surface area contributed by atoms with E-state index in [4.69, 9.17) is 0 Å². The monoisotopic (exact) mass is 333 g/mol. The Morgan fingerprint density at radius 2 is 1.65 bits per heavy atom. The molecule has 0 spiro atoms. The summed E-state index contributed by atoms with van der Waals surface area (Å²) in [7, 11) is 2.07. The zero-order chi connectivity index (χ0) is 14.5. The first kappa shape index (κ1) is 15.5. The lowest BCUT2D eigenvalue weighted by Gasteiger charge is -2.22. The van der Waals surface area contributed by atoms with Crippen LogP contribution in [0.5, 0.6) is 0 Å². The van der Waals surface area contributed by atoms with Crippen LogP contribution in [-0.4, -0.2) is 7.05 Å². The number of benzene rings is 2. The lowest BCUT2D eigenvalue weighted by molar-refractivity contribution is 0.385. The van der Waals surface area contributed by atoms with Gasteiger partial charge in [-0.25, -0.2) is 0 Å². The molecule has 20 heavy (non-hydrogen) atoms. The molecule has 1 N–H and O–H groups in total. The SMILES string of the molecule is CCC(CC)CC(NC)c1ccc2cc(Br)ccc2c1. The van der Waals surface area contributed by atoms with Crippen LogP contribution in [0, 0.1) is 5.92 Å². The van der Waals surface area contributed by atoms with Crippen molar-refractivity contribution < 1.29 is 0 Å². The summed E-state index contributed by atoms with van der Waals surface area (Å²) in [6.45, 7) is 4.58. The van der Waals surface area contributed by atoms with Crippen LogP contribution in [0.3, 0.4) is 0 Å². The largest absolute Gasteiger partial charge is 0.313 e. The molecule has 2 heteroatoms. The average molecular weight is 334 g/mol. The zero-order valence-electron chi connectivity index (χ0n) is 12.6. The Hall–Kier alpha value is -0.860. The highest BCUT2D eigenvalue weighted by atomic mass is 79.9. The number of hydrogen-bond donors (Lipinski definition) is 1. The summed E-state index contributed by atoms with van der Waals surface area (Å²) in [6, 6.07) is 13.7. The van der Waals surface area contributed by atoms with Gasteiger partial charge < -0.3 is 5.32 Å². The molecule has 1 nitrogen and oxygen atoms in total. The fourth-order valence-electron chi connectivity index (χ4n) is 2.83. The van der Waals surface area contributed by atoms with E-state index >= 15 is 0 Å². The van der Waals surface area contributed by atoms with Crippen LogP contribution in [0.15, 0.2) is 40.9 Å². The molecule has 2 aromatic rings. The topological polar surface area (TPSA) is 12.0 Å². The van der Waals surface area contributed by atoms with E-state index in [-0.39, 0.29) is 0 Å². The van der Waals surface area contributed by atoms with E-state index in [2.05, 4.69) is 78.5 Å². The van der Waals surface area contributed by atoms with Gasteiger partial charge in [-0.1, -0.05) is 60.8 Å². The maximum absolute atomic E-state index is 3.53. The van der Waals surface area contributed by atoms with Crippen LogP contribution in [0.25, 0.3) is 10.8 Å². The third kappa shape index (κ3) is 3.62. The molecule has 0 aliphatic rings. The third-order valence-electron chi connectivity index (χ3n) is 4.30. The molecule has 1 atom stereocenters. The Bertz CT molecular complexity index is 560. The molecule has 0 aliphatic heterocycles. The minimum Gasteiger partial charge on any atom is -0.313 e. The molecule has 108 valence electrons. The summed E-state index contributed by atoms with van der Waals surface area (Å²) in [5, 5.41) is 6.09. The summed E-state index contributed by atoms with van der Waals surface area (Å²) < 4.78 is 1.14. The Morgan fingerprint density at radius 3 is 2.30 bits per heavy atom. The Morgan fingerprint density at radius 1 is 1.00 bits per heavy atom. The highest BCUT2D eigenvalue weighted by Gasteiger charge is 2.14. The summed E-state index contributed by atoms with van der Waals surface area (Å²) in [5.74, 6) is 0.799. The number of hydrogen-bond acceptors (Lipinski definition) is 1. The predicted molar refractivity (Wildman–Crippen MR) is 92.1 cm³/mol. The second kappa shape index (κ2) is 7.24. The maximum Gasteiger partial charge on any atom is 0.0320 e. The van der Waals surface area contributed by atoms with E-state index in [0.717, 1.165) is 10.4 Å². The smallest absolute Gasteiger partial charge is 0.0320 e. The van der Waals surface area contributed by atoms with Crippen molar-refractivity contribution in [2.75, 3.05) is 7.05 Å². The molecule has 0 heterocycles. The molecule has 0 bridgehead atoms. The van der Waals surface area contributed by atoms with Gasteiger partial charge in [-0.15, -0.1) is 0 Å². The molecule has 0 aromatic heterocycles. The minimum absolute atomic E-state index is 0.452. The van der Waals surface area contributed by atoms with Crippen molar-refractivity contribution in [2.45, 2.75) is 39.2 Å². The number of rotatable bonds is 6. The van der Waals surface area contributed by atoms with Gasteiger partial charge >= 0.3 is 0 Å². The molecule has 0 amide bonds. The summed E-state index contributed by atoms with van der Waals surface area (Å²) in [4.78, 5) is 0. The maximum atomic E-state index is 3.53. The quantitative estimate of drug-likeness (QED) is 0.716. The number of fused-ring (bicyclic) bond motifs is 1. The van der Waals surface area contributed by atoms with Gasteiger partial charge in [0.15, 0.2) is 0 Å². The first-order valence-electron chi connectivity index (χ1n) is 7.54. The molecule has 0 saturated heterocycles. The molecule has 0 radical (unpaired) electrons. The van der Waals surface area contributed by atoms with Gasteiger partial charge in [0.2, 0.25) is 0 Å². The van der Waals surface area contributed by atoms with Gasteiger partial charge in [0.25, 0.3) is 0 Å². The Balaban J connectivity index is 2.27. The van der Waals surface area contributed by atoms with Gasteiger partial charge in [-0.3, -0.25) is 0 Å². The fraction of sp³-hybridized carbons (Fsp3) is 0.444. The van der Waals surface area contributed by atoms with Crippen LogP contribution in [0.4, 0.5) is 0 Å². The van der Waals surface area contributed by atoms with Crippen molar-refractivity contribution in [3.63, 3.8) is 0 Å². The van der Waals surface area contributed by atoms with Gasteiger partial charge in [0, 0.05) is 10.5 Å². The van der Waals surface area contributed by atoms with E-state index in [1.54, 1.807) is 0 Å². The van der Waals surface area contributed by atoms with Crippen LogP contribution in [0.1, 0.15) is 44.7 Å². The van der Waals surface area contributed by atoms with Crippen molar-refractivity contribution >= 4 is 26.7 Å². The van der Waals surface area contributed by atoms with E-state index in [9.17, 15) is 0 Å². The van der Waals surface area contributed by atoms with Gasteiger partial charge in [-0.05, 0) is 53.9 Å². The first-order valence-corrected chi connectivity index (χ1v) is 8.33. The first-order chi connectivity index (χ1) is 9.67. The average Bonchev–Trinajstić information content (AvgIpc) is 2.48. The fourth-order valence-corrected chi connectivity index (χ4v) is 3.21. The van der Waals surface area contributed by atoms with Crippen molar-refractivity contribution in [2.24, 2.45) is 5.92 Å². The molecule has 2 aromatic carbocycles. The van der Waals surface area contributed by atoms with Crippen LogP contribution in [-0.2, 0) is 0 Å². The highest BCUT2D eigenvalue weighted by molar-refractivity contribution is 9.10. The molecule has 0 fully saturated rings. The zero-order valence-corrected chi connectivity index (χ0v) is 14.2. The molecular weight excluding hydrogens is 310 g/mol. The molecule has 1 unspecified atom stereocenters.